The van der Waals surface area contributed by atoms with Crippen molar-refractivity contribution in [2.24, 2.45) is 17.2 Å². The summed E-state index contributed by atoms with van der Waals surface area (Å²) < 4.78 is 0. The van der Waals surface area contributed by atoms with Crippen molar-refractivity contribution in [3.8, 4) is 0 Å². The lowest BCUT2D eigenvalue weighted by atomic mass is 10.1. The third kappa shape index (κ3) is 13.7. The molecule has 0 unspecified atom stereocenters. The highest BCUT2D eigenvalue weighted by Gasteiger charge is 2.16. The Bertz CT molecular complexity index is 290. The summed E-state index contributed by atoms with van der Waals surface area (Å²) in [6, 6.07) is -0.388. The quantitative estimate of drug-likeness (QED) is 0.229. The molecule has 0 heterocycles. The molecule has 7 heteroatoms. The normalized spacial score (nSPS) is 12.3. The summed E-state index contributed by atoms with van der Waals surface area (Å²) in [7, 11) is 1.83. The number of hydrogen-bond donors (Lipinski definition) is 5. The lowest BCUT2D eigenvalue weighted by molar-refractivity contribution is -0.131. The topological polar surface area (TPSA) is 122 Å². The van der Waals surface area contributed by atoms with Gasteiger partial charge in [0, 0.05) is 13.6 Å². The average molecular weight is 345 g/mol. The maximum absolute atomic E-state index is 12.1. The predicted octanol–water partition coefficient (Wildman–Crippen LogP) is -0.401. The van der Waals surface area contributed by atoms with Crippen LogP contribution in [0.1, 0.15) is 44.9 Å². The van der Waals surface area contributed by atoms with E-state index in [9.17, 15) is 4.79 Å². The van der Waals surface area contributed by atoms with Gasteiger partial charge in [0.2, 0.25) is 5.91 Å². The molecule has 1 amide bonds. The minimum Gasteiger partial charge on any atom is -0.344 e. The first-order chi connectivity index (χ1) is 11.6. The van der Waals surface area contributed by atoms with Crippen LogP contribution in [0.25, 0.3) is 0 Å². The molecule has 0 saturated carbocycles. The van der Waals surface area contributed by atoms with Gasteiger partial charge in [0.05, 0.1) is 6.04 Å². The Labute approximate surface area is 148 Å². The smallest absolute Gasteiger partial charge is 0.239 e. The van der Waals surface area contributed by atoms with E-state index in [0.717, 1.165) is 77.8 Å². The first-order valence-corrected chi connectivity index (χ1v) is 9.45. The summed E-state index contributed by atoms with van der Waals surface area (Å²) in [6.45, 7) is 6.18. The van der Waals surface area contributed by atoms with E-state index in [1.165, 1.54) is 6.42 Å². The van der Waals surface area contributed by atoms with E-state index in [4.69, 9.17) is 17.2 Å². The van der Waals surface area contributed by atoms with Crippen LogP contribution in [0.5, 0.6) is 0 Å². The molecule has 0 aromatic heterocycles. The molecule has 8 N–H and O–H groups in total. The summed E-state index contributed by atoms with van der Waals surface area (Å²) in [4.78, 5) is 13.8. The Morgan fingerprint density at radius 2 is 1.42 bits per heavy atom. The largest absolute Gasteiger partial charge is 0.344 e. The standard InChI is InChI=1S/C17H40N6O/c1-23(17(24)16(20)8-2-3-9-18)15-7-14-22-12-5-4-11-21-13-6-10-19/h16,21-22H,2-15,18-20H2,1H3/t16-/m0/s1. The molecular formula is C17H40N6O. The number of amides is 1. The third-order valence-corrected chi connectivity index (χ3v) is 4.02. The predicted molar refractivity (Wildman–Crippen MR) is 102 cm³/mol. The highest BCUT2D eigenvalue weighted by atomic mass is 16.2. The number of nitrogens with zero attached hydrogens (tertiary/aromatic N) is 1. The van der Waals surface area contributed by atoms with E-state index in [2.05, 4.69) is 10.6 Å². The van der Waals surface area contributed by atoms with Crippen LogP contribution in [-0.4, -0.2) is 69.7 Å². The second kappa shape index (κ2) is 17.1. The van der Waals surface area contributed by atoms with Gasteiger partial charge in [0.25, 0.3) is 0 Å². The van der Waals surface area contributed by atoms with Gasteiger partial charge in [0.1, 0.15) is 0 Å². The van der Waals surface area contributed by atoms with Gasteiger partial charge in [0.15, 0.2) is 0 Å². The molecule has 0 radical (unpaired) electrons. The average Bonchev–Trinajstić information content (AvgIpc) is 2.58. The number of rotatable bonds is 17. The molecule has 0 aliphatic heterocycles. The number of unbranched alkanes of at least 4 members (excludes halogenated alkanes) is 2. The van der Waals surface area contributed by atoms with Crippen LogP contribution in [0.3, 0.4) is 0 Å². The Morgan fingerprint density at radius 3 is 2.00 bits per heavy atom. The van der Waals surface area contributed by atoms with Crippen LogP contribution < -0.4 is 27.8 Å². The van der Waals surface area contributed by atoms with Crippen LogP contribution >= 0.6 is 0 Å². The minimum absolute atomic E-state index is 0.0376. The van der Waals surface area contributed by atoms with E-state index in [-0.39, 0.29) is 11.9 Å². The number of nitrogens with one attached hydrogen (secondary N) is 2. The van der Waals surface area contributed by atoms with E-state index >= 15 is 0 Å². The molecule has 0 spiro atoms. The van der Waals surface area contributed by atoms with Crippen molar-refractivity contribution in [1.29, 1.82) is 0 Å². The number of carbonyl (C=O) groups excluding carboxylic acids is 1. The zero-order valence-electron chi connectivity index (χ0n) is 15.6. The summed E-state index contributed by atoms with van der Waals surface area (Å²) in [5.41, 5.74) is 16.8. The SMILES string of the molecule is CN(CCCNCCCCNCCCN)C(=O)[C@@H](N)CCCCN. The van der Waals surface area contributed by atoms with Gasteiger partial charge in [-0.1, -0.05) is 6.42 Å². The second-order valence-electron chi connectivity index (χ2n) is 6.35. The van der Waals surface area contributed by atoms with Crippen LogP contribution in [0.2, 0.25) is 0 Å². The van der Waals surface area contributed by atoms with Crippen molar-refractivity contribution in [1.82, 2.24) is 15.5 Å². The lowest BCUT2D eigenvalue weighted by Crippen LogP contribution is -2.42. The molecule has 0 aromatic rings. The maximum atomic E-state index is 12.1. The van der Waals surface area contributed by atoms with Crippen molar-refractivity contribution < 1.29 is 4.79 Å². The van der Waals surface area contributed by atoms with Gasteiger partial charge < -0.3 is 32.7 Å². The summed E-state index contributed by atoms with van der Waals surface area (Å²) in [5.74, 6) is 0.0376. The zero-order valence-corrected chi connectivity index (χ0v) is 15.6. The monoisotopic (exact) mass is 344 g/mol. The van der Waals surface area contributed by atoms with Crippen LogP contribution in [0.4, 0.5) is 0 Å². The number of nitrogens with two attached hydrogens (primary N) is 3. The molecule has 0 rings (SSSR count). The fourth-order valence-corrected chi connectivity index (χ4v) is 2.44. The molecule has 0 aliphatic rings. The fraction of sp³-hybridized carbons (Fsp3) is 0.941. The van der Waals surface area contributed by atoms with Crippen LogP contribution in [0, 0.1) is 0 Å². The molecule has 0 saturated heterocycles. The summed E-state index contributed by atoms with van der Waals surface area (Å²) in [6.07, 6.45) is 6.90. The number of carbonyl (C=O) groups is 1. The minimum atomic E-state index is -0.388. The van der Waals surface area contributed by atoms with Crippen molar-refractivity contribution >= 4 is 5.91 Å². The second-order valence-corrected chi connectivity index (χ2v) is 6.35. The van der Waals surface area contributed by atoms with Crippen molar-refractivity contribution in [3.05, 3.63) is 0 Å². The van der Waals surface area contributed by atoms with E-state index < -0.39 is 0 Å². The fourth-order valence-electron chi connectivity index (χ4n) is 2.44. The van der Waals surface area contributed by atoms with Gasteiger partial charge in [-0.25, -0.2) is 0 Å². The van der Waals surface area contributed by atoms with Crippen molar-refractivity contribution in [2.75, 3.05) is 52.9 Å². The Hall–Kier alpha value is -0.730. The van der Waals surface area contributed by atoms with Crippen LogP contribution in [-0.2, 0) is 4.79 Å². The molecular weight excluding hydrogens is 304 g/mol. The molecule has 24 heavy (non-hydrogen) atoms. The molecule has 0 bridgehead atoms. The lowest BCUT2D eigenvalue weighted by Gasteiger charge is -2.21. The molecule has 0 aromatic carbocycles. The third-order valence-electron chi connectivity index (χ3n) is 4.02. The van der Waals surface area contributed by atoms with Gasteiger partial charge in [-0.2, -0.15) is 0 Å². The van der Waals surface area contributed by atoms with E-state index in [1.54, 1.807) is 4.90 Å². The van der Waals surface area contributed by atoms with Crippen LogP contribution in [0.15, 0.2) is 0 Å². The van der Waals surface area contributed by atoms with Gasteiger partial charge in [-0.3, -0.25) is 4.79 Å². The highest BCUT2D eigenvalue weighted by Crippen LogP contribution is 2.01. The Morgan fingerprint density at radius 1 is 0.875 bits per heavy atom. The Balaban J connectivity index is 3.44. The van der Waals surface area contributed by atoms with Gasteiger partial charge in [-0.15, -0.1) is 0 Å². The Kier molecular flexibility index (Phi) is 16.6. The van der Waals surface area contributed by atoms with Crippen molar-refractivity contribution in [3.63, 3.8) is 0 Å². The number of likely N-dealkylation sites (N-methyl/N-ethyl adjacent to an activating group) is 1. The van der Waals surface area contributed by atoms with Gasteiger partial charge in [-0.05, 0) is 77.8 Å². The molecule has 0 aliphatic carbocycles. The summed E-state index contributed by atoms with van der Waals surface area (Å²) >= 11 is 0. The highest BCUT2D eigenvalue weighted by molar-refractivity contribution is 5.81. The first kappa shape index (κ1) is 23.3. The molecule has 1 atom stereocenters. The first-order valence-electron chi connectivity index (χ1n) is 9.45. The van der Waals surface area contributed by atoms with Gasteiger partial charge >= 0.3 is 0 Å². The maximum Gasteiger partial charge on any atom is 0.239 e. The van der Waals surface area contributed by atoms with E-state index in [1.807, 2.05) is 7.05 Å². The van der Waals surface area contributed by atoms with Crippen molar-refractivity contribution in [2.45, 2.75) is 51.0 Å². The summed E-state index contributed by atoms with van der Waals surface area (Å²) in [5, 5.41) is 6.80. The van der Waals surface area contributed by atoms with E-state index in [0.29, 0.717) is 6.54 Å². The molecule has 7 nitrogen and oxygen atoms in total. The zero-order chi connectivity index (χ0) is 18.0. The number of hydrogen-bond acceptors (Lipinski definition) is 6. The molecule has 144 valence electrons. The molecule has 0 fully saturated rings.